The molecular weight excluding hydrogens is 248 g/mol. The molecule has 0 atom stereocenters. The summed E-state index contributed by atoms with van der Waals surface area (Å²) in [6.07, 6.45) is 3.70. The van der Waals surface area contributed by atoms with E-state index in [4.69, 9.17) is 0 Å². The molecule has 1 aliphatic rings. The highest BCUT2D eigenvalue weighted by Crippen LogP contribution is 2.31. The van der Waals surface area contributed by atoms with Gasteiger partial charge in [-0.05, 0) is 49.3 Å². The van der Waals surface area contributed by atoms with Crippen LogP contribution in [-0.4, -0.2) is 17.3 Å². The Morgan fingerprint density at radius 1 is 1.26 bits per heavy atom. The van der Waals surface area contributed by atoms with Crippen molar-refractivity contribution in [3.05, 3.63) is 35.4 Å². The van der Waals surface area contributed by atoms with E-state index >= 15 is 0 Å². The van der Waals surface area contributed by atoms with Crippen molar-refractivity contribution in [2.75, 3.05) is 6.54 Å². The van der Waals surface area contributed by atoms with Crippen molar-refractivity contribution in [3.8, 4) is 0 Å². The van der Waals surface area contributed by atoms with Gasteiger partial charge in [0.15, 0.2) is 11.6 Å². The standard InChI is InChI=1S/C15H21F2NO/c1-11-4-6-15(19,7-5-11)10-18-9-12-2-3-13(16)14(17)8-12/h2-3,8,11,18-19H,4-7,9-10H2,1H3. The lowest BCUT2D eigenvalue weighted by Crippen LogP contribution is -2.43. The Hall–Kier alpha value is -1.00. The monoisotopic (exact) mass is 269 g/mol. The van der Waals surface area contributed by atoms with Gasteiger partial charge in [-0.3, -0.25) is 0 Å². The molecule has 0 amide bonds. The van der Waals surface area contributed by atoms with Gasteiger partial charge in [0, 0.05) is 13.1 Å². The van der Waals surface area contributed by atoms with Gasteiger partial charge in [-0.1, -0.05) is 13.0 Å². The first-order valence-electron chi connectivity index (χ1n) is 6.85. The Kier molecular flexibility index (Phi) is 4.53. The van der Waals surface area contributed by atoms with E-state index in [1.807, 2.05) is 0 Å². The second-order valence-electron chi connectivity index (χ2n) is 5.76. The van der Waals surface area contributed by atoms with Crippen molar-refractivity contribution in [3.63, 3.8) is 0 Å². The number of nitrogens with one attached hydrogen (secondary N) is 1. The fourth-order valence-corrected chi connectivity index (χ4v) is 2.57. The van der Waals surface area contributed by atoms with Crippen LogP contribution in [-0.2, 0) is 6.54 Å². The minimum absolute atomic E-state index is 0.440. The summed E-state index contributed by atoms with van der Waals surface area (Å²) in [6.45, 7) is 3.14. The summed E-state index contributed by atoms with van der Waals surface area (Å²) in [6, 6.07) is 3.87. The normalized spacial score (nSPS) is 27.5. The topological polar surface area (TPSA) is 32.3 Å². The second-order valence-corrected chi connectivity index (χ2v) is 5.76. The maximum absolute atomic E-state index is 13.0. The van der Waals surface area contributed by atoms with E-state index < -0.39 is 17.2 Å². The molecule has 1 fully saturated rings. The van der Waals surface area contributed by atoms with Crippen LogP contribution in [0.2, 0.25) is 0 Å². The van der Waals surface area contributed by atoms with E-state index in [-0.39, 0.29) is 0 Å². The predicted molar refractivity (Wildman–Crippen MR) is 70.6 cm³/mol. The van der Waals surface area contributed by atoms with Crippen LogP contribution >= 0.6 is 0 Å². The summed E-state index contributed by atoms with van der Waals surface area (Å²) in [4.78, 5) is 0. The highest BCUT2D eigenvalue weighted by atomic mass is 19.2. The fourth-order valence-electron chi connectivity index (χ4n) is 2.57. The number of hydrogen-bond donors (Lipinski definition) is 2. The summed E-state index contributed by atoms with van der Waals surface area (Å²) < 4.78 is 25.8. The number of rotatable bonds is 4. The Morgan fingerprint density at radius 2 is 1.95 bits per heavy atom. The van der Waals surface area contributed by atoms with Gasteiger partial charge in [-0.2, -0.15) is 0 Å². The van der Waals surface area contributed by atoms with Crippen LogP contribution < -0.4 is 5.32 Å². The van der Waals surface area contributed by atoms with Crippen molar-refractivity contribution in [1.29, 1.82) is 0 Å². The van der Waals surface area contributed by atoms with Crippen LogP contribution in [0, 0.1) is 17.6 Å². The van der Waals surface area contributed by atoms with Crippen LogP contribution in [0.15, 0.2) is 18.2 Å². The molecule has 0 saturated heterocycles. The van der Waals surface area contributed by atoms with Crippen LogP contribution in [0.5, 0.6) is 0 Å². The lowest BCUT2D eigenvalue weighted by Gasteiger charge is -2.35. The van der Waals surface area contributed by atoms with E-state index in [0.717, 1.165) is 31.7 Å². The quantitative estimate of drug-likeness (QED) is 0.880. The van der Waals surface area contributed by atoms with Crippen molar-refractivity contribution in [1.82, 2.24) is 5.32 Å². The van der Waals surface area contributed by atoms with Gasteiger partial charge in [-0.25, -0.2) is 8.78 Å². The molecule has 0 bridgehead atoms. The highest BCUT2D eigenvalue weighted by molar-refractivity contribution is 5.17. The molecule has 0 spiro atoms. The second kappa shape index (κ2) is 5.97. The van der Waals surface area contributed by atoms with Crippen molar-refractivity contribution < 1.29 is 13.9 Å². The molecule has 0 unspecified atom stereocenters. The molecule has 0 heterocycles. The van der Waals surface area contributed by atoms with Crippen LogP contribution in [0.25, 0.3) is 0 Å². The molecule has 1 saturated carbocycles. The third-order valence-corrected chi connectivity index (χ3v) is 3.97. The molecule has 1 aromatic carbocycles. The Balaban J connectivity index is 1.81. The SMILES string of the molecule is CC1CCC(O)(CNCc2ccc(F)c(F)c2)CC1. The zero-order valence-electron chi connectivity index (χ0n) is 11.3. The molecule has 2 nitrogen and oxygen atoms in total. The smallest absolute Gasteiger partial charge is 0.159 e. The lowest BCUT2D eigenvalue weighted by atomic mass is 9.79. The average Bonchev–Trinajstić information content (AvgIpc) is 2.38. The number of benzene rings is 1. The minimum atomic E-state index is -0.830. The average molecular weight is 269 g/mol. The summed E-state index contributed by atoms with van der Waals surface area (Å²) in [7, 11) is 0. The van der Waals surface area contributed by atoms with Crippen LogP contribution in [0.3, 0.4) is 0 Å². The molecule has 1 aromatic rings. The molecule has 0 aliphatic heterocycles. The third kappa shape index (κ3) is 3.98. The van der Waals surface area contributed by atoms with E-state index in [1.54, 1.807) is 6.07 Å². The molecule has 2 N–H and O–H groups in total. The molecule has 1 aliphatic carbocycles. The Bertz CT molecular complexity index is 428. The highest BCUT2D eigenvalue weighted by Gasteiger charge is 2.31. The fraction of sp³-hybridized carbons (Fsp3) is 0.600. The molecular formula is C15H21F2NO. The lowest BCUT2D eigenvalue weighted by molar-refractivity contribution is -0.00630. The van der Waals surface area contributed by atoms with Gasteiger partial charge < -0.3 is 10.4 Å². The third-order valence-electron chi connectivity index (χ3n) is 3.97. The zero-order chi connectivity index (χ0) is 13.9. The van der Waals surface area contributed by atoms with Crippen LogP contribution in [0.4, 0.5) is 8.78 Å². The first kappa shape index (κ1) is 14.4. The molecule has 2 rings (SSSR count). The number of aliphatic hydroxyl groups is 1. The summed E-state index contributed by atoms with van der Waals surface area (Å²) in [5.74, 6) is -0.973. The maximum Gasteiger partial charge on any atom is 0.159 e. The number of hydrogen-bond acceptors (Lipinski definition) is 2. The number of halogens is 2. The van der Waals surface area contributed by atoms with Gasteiger partial charge in [-0.15, -0.1) is 0 Å². The first-order valence-corrected chi connectivity index (χ1v) is 6.85. The van der Waals surface area contributed by atoms with Gasteiger partial charge in [0.25, 0.3) is 0 Å². The molecule has 0 radical (unpaired) electrons. The first-order chi connectivity index (χ1) is 8.98. The van der Waals surface area contributed by atoms with E-state index in [1.165, 1.54) is 6.07 Å². The van der Waals surface area contributed by atoms with Gasteiger partial charge in [0.05, 0.1) is 5.60 Å². The van der Waals surface area contributed by atoms with Gasteiger partial charge in [0.1, 0.15) is 0 Å². The zero-order valence-corrected chi connectivity index (χ0v) is 11.3. The summed E-state index contributed by atoms with van der Waals surface area (Å²) in [5.41, 5.74) is 0.0390. The Morgan fingerprint density at radius 3 is 2.58 bits per heavy atom. The minimum Gasteiger partial charge on any atom is -0.389 e. The van der Waals surface area contributed by atoms with Gasteiger partial charge in [0.2, 0.25) is 0 Å². The summed E-state index contributed by atoms with van der Waals surface area (Å²) in [5, 5.41) is 13.5. The van der Waals surface area contributed by atoms with Crippen molar-refractivity contribution >= 4 is 0 Å². The molecule has 106 valence electrons. The molecule has 0 aromatic heterocycles. The van der Waals surface area contributed by atoms with Crippen molar-refractivity contribution in [2.45, 2.75) is 44.8 Å². The maximum atomic E-state index is 13.0. The Labute approximate surface area is 112 Å². The van der Waals surface area contributed by atoms with E-state index in [2.05, 4.69) is 12.2 Å². The van der Waals surface area contributed by atoms with Crippen LogP contribution in [0.1, 0.15) is 38.2 Å². The largest absolute Gasteiger partial charge is 0.389 e. The summed E-state index contributed by atoms with van der Waals surface area (Å²) >= 11 is 0. The molecule has 19 heavy (non-hydrogen) atoms. The van der Waals surface area contributed by atoms with Gasteiger partial charge >= 0.3 is 0 Å². The van der Waals surface area contributed by atoms with Crippen molar-refractivity contribution in [2.24, 2.45) is 5.92 Å². The molecule has 4 heteroatoms. The van der Waals surface area contributed by atoms with E-state index in [9.17, 15) is 13.9 Å². The predicted octanol–water partition coefficient (Wildman–Crippen LogP) is 3.00. The van der Waals surface area contributed by atoms with E-state index in [0.29, 0.717) is 24.6 Å².